The summed E-state index contributed by atoms with van der Waals surface area (Å²) in [6, 6.07) is 15.0. The fraction of sp³-hybridized carbons (Fsp3) is 0.263. The number of para-hydroxylation sites is 1. The number of hydrogen-bond donors (Lipinski definition) is 2. The highest BCUT2D eigenvalue weighted by Crippen LogP contribution is 2.35. The molecule has 0 radical (unpaired) electrons. The maximum atomic E-state index is 12.4. The van der Waals surface area contributed by atoms with E-state index in [4.69, 9.17) is 17.3 Å². The molecule has 1 aliphatic rings. The summed E-state index contributed by atoms with van der Waals surface area (Å²) in [5, 5.41) is 4.30. The summed E-state index contributed by atoms with van der Waals surface area (Å²) in [4.78, 5) is 17.0. The van der Waals surface area contributed by atoms with Crippen LogP contribution in [0.2, 0.25) is 5.02 Å². The summed E-state index contributed by atoms with van der Waals surface area (Å²) in [7, 11) is 0. The molecule has 4 nitrogen and oxygen atoms in total. The number of rotatable bonds is 5. The lowest BCUT2D eigenvalue weighted by molar-refractivity contribution is 0.101. The summed E-state index contributed by atoms with van der Waals surface area (Å²) in [5.74, 6) is 0.965. The van der Waals surface area contributed by atoms with Crippen LogP contribution in [0.3, 0.4) is 0 Å². The third-order valence-corrected chi connectivity index (χ3v) is 5.46. The van der Waals surface area contributed by atoms with Crippen molar-refractivity contribution in [2.24, 2.45) is 10.7 Å². The summed E-state index contributed by atoms with van der Waals surface area (Å²) in [5.41, 5.74) is 8.05. The Kier molecular flexibility index (Phi) is 5.35. The smallest absolute Gasteiger partial charge is 0.181 e. The molecule has 6 heteroatoms. The molecule has 1 heterocycles. The van der Waals surface area contributed by atoms with E-state index in [1.165, 1.54) is 0 Å². The first kappa shape index (κ1) is 17.8. The summed E-state index contributed by atoms with van der Waals surface area (Å²) in [6.45, 7) is 2.28. The summed E-state index contributed by atoms with van der Waals surface area (Å²) in [6.07, 6.45) is 0.930. The average Bonchev–Trinajstić information content (AvgIpc) is 2.61. The second-order valence-electron chi connectivity index (χ2n) is 6.16. The van der Waals surface area contributed by atoms with Gasteiger partial charge in [0, 0.05) is 11.3 Å². The van der Waals surface area contributed by atoms with Crippen molar-refractivity contribution in [3.05, 3.63) is 64.7 Å². The number of hydrogen-bond acceptors (Lipinski definition) is 5. The lowest BCUT2D eigenvalue weighted by Gasteiger charge is -2.29. The molecule has 0 aliphatic carbocycles. The number of aliphatic imine (C=N–C) groups is 1. The van der Waals surface area contributed by atoms with E-state index in [9.17, 15) is 4.79 Å². The van der Waals surface area contributed by atoms with Crippen LogP contribution in [0.4, 0.5) is 5.69 Å². The first-order chi connectivity index (χ1) is 12.0. The van der Waals surface area contributed by atoms with Gasteiger partial charge in [-0.2, -0.15) is 0 Å². The maximum absolute atomic E-state index is 12.4. The van der Waals surface area contributed by atoms with Crippen molar-refractivity contribution in [3.8, 4) is 0 Å². The van der Waals surface area contributed by atoms with Gasteiger partial charge in [-0.15, -0.1) is 0 Å². The van der Waals surface area contributed by atoms with Crippen molar-refractivity contribution in [2.45, 2.75) is 18.9 Å². The van der Waals surface area contributed by atoms with E-state index >= 15 is 0 Å². The fourth-order valence-electron chi connectivity index (χ4n) is 2.79. The van der Waals surface area contributed by atoms with Crippen molar-refractivity contribution in [2.75, 3.05) is 17.6 Å². The average molecular weight is 374 g/mol. The van der Waals surface area contributed by atoms with Crippen molar-refractivity contribution in [1.29, 1.82) is 0 Å². The number of Topliss-reactive ketones (excluding diaryl/α,β-unsaturated/α-hetero) is 1. The highest BCUT2D eigenvalue weighted by Gasteiger charge is 2.29. The van der Waals surface area contributed by atoms with Gasteiger partial charge >= 0.3 is 0 Å². The van der Waals surface area contributed by atoms with Crippen LogP contribution in [0.1, 0.15) is 29.3 Å². The molecule has 2 aromatic carbocycles. The SMILES string of the molecule is CC1(c2ccc(C(=O)CNc3ccccc3Cl)cc2)CCSC(N)=N1. The molecule has 1 aliphatic heterocycles. The number of nitrogens with two attached hydrogens (primary N) is 1. The molecular weight excluding hydrogens is 354 g/mol. The number of carbonyl (C=O) groups excluding carboxylic acids is 1. The van der Waals surface area contributed by atoms with E-state index in [-0.39, 0.29) is 17.9 Å². The minimum atomic E-state index is -0.313. The van der Waals surface area contributed by atoms with Crippen LogP contribution in [0, 0.1) is 0 Å². The van der Waals surface area contributed by atoms with Crippen LogP contribution in [0.5, 0.6) is 0 Å². The monoisotopic (exact) mass is 373 g/mol. The number of nitrogens with zero attached hydrogens (tertiary/aromatic N) is 1. The van der Waals surface area contributed by atoms with Crippen molar-refractivity contribution < 1.29 is 4.79 Å². The minimum absolute atomic E-state index is 0.0128. The lowest BCUT2D eigenvalue weighted by Crippen LogP contribution is -2.28. The maximum Gasteiger partial charge on any atom is 0.181 e. The number of anilines is 1. The zero-order valence-electron chi connectivity index (χ0n) is 14.0. The lowest BCUT2D eigenvalue weighted by atomic mass is 9.89. The topological polar surface area (TPSA) is 67.5 Å². The van der Waals surface area contributed by atoms with Gasteiger partial charge in [-0.05, 0) is 31.0 Å². The fourth-order valence-corrected chi connectivity index (χ4v) is 3.97. The first-order valence-corrected chi connectivity index (χ1v) is 9.44. The second kappa shape index (κ2) is 7.50. The number of amidine groups is 1. The van der Waals surface area contributed by atoms with Crippen molar-refractivity contribution >= 4 is 40.0 Å². The number of benzene rings is 2. The van der Waals surface area contributed by atoms with E-state index in [1.807, 2.05) is 42.5 Å². The molecule has 2 aromatic rings. The standard InChI is InChI=1S/C19H20ClN3OS/c1-19(10-11-25-18(21)23-19)14-8-6-13(7-9-14)17(24)12-22-16-5-3-2-4-15(16)20/h2-9,22H,10-12H2,1H3,(H2,21,23). The quantitative estimate of drug-likeness (QED) is 0.766. The van der Waals surface area contributed by atoms with E-state index in [0.29, 0.717) is 15.8 Å². The van der Waals surface area contributed by atoms with Crippen LogP contribution in [-0.4, -0.2) is 23.2 Å². The Morgan fingerprint density at radius 2 is 2.00 bits per heavy atom. The summed E-state index contributed by atoms with van der Waals surface area (Å²) < 4.78 is 0. The van der Waals surface area contributed by atoms with Gasteiger partial charge in [-0.25, -0.2) is 0 Å². The number of halogens is 1. The molecule has 25 heavy (non-hydrogen) atoms. The Morgan fingerprint density at radius 3 is 2.68 bits per heavy atom. The van der Waals surface area contributed by atoms with Crippen molar-refractivity contribution in [1.82, 2.24) is 0 Å². The molecule has 3 rings (SSSR count). The summed E-state index contributed by atoms with van der Waals surface area (Å²) >= 11 is 7.67. The Bertz CT molecular complexity index is 807. The predicted octanol–water partition coefficient (Wildman–Crippen LogP) is 4.30. The zero-order valence-corrected chi connectivity index (χ0v) is 15.5. The molecule has 0 saturated carbocycles. The van der Waals surface area contributed by atoms with E-state index < -0.39 is 0 Å². The Labute approximate surface area is 156 Å². The van der Waals surface area contributed by atoms with Crippen LogP contribution >= 0.6 is 23.4 Å². The van der Waals surface area contributed by atoms with Crippen LogP contribution < -0.4 is 11.1 Å². The predicted molar refractivity (Wildman–Crippen MR) is 107 cm³/mol. The number of ketones is 1. The second-order valence-corrected chi connectivity index (χ2v) is 7.68. The molecule has 0 amide bonds. The van der Waals surface area contributed by atoms with E-state index in [0.717, 1.165) is 23.4 Å². The molecule has 0 saturated heterocycles. The zero-order chi connectivity index (χ0) is 17.9. The van der Waals surface area contributed by atoms with E-state index in [2.05, 4.69) is 17.2 Å². The first-order valence-electron chi connectivity index (χ1n) is 8.08. The largest absolute Gasteiger partial charge is 0.379 e. The van der Waals surface area contributed by atoms with E-state index in [1.54, 1.807) is 17.8 Å². The number of carbonyl (C=O) groups is 1. The Hall–Kier alpha value is -1.98. The molecule has 0 fully saturated rings. The van der Waals surface area contributed by atoms with Crippen LogP contribution in [0.25, 0.3) is 0 Å². The number of nitrogens with one attached hydrogen (secondary N) is 1. The van der Waals surface area contributed by atoms with Gasteiger partial charge in [0.15, 0.2) is 11.0 Å². The Balaban J connectivity index is 1.69. The van der Waals surface area contributed by atoms with Gasteiger partial charge < -0.3 is 11.1 Å². The van der Waals surface area contributed by atoms with Gasteiger partial charge in [-0.1, -0.05) is 59.8 Å². The minimum Gasteiger partial charge on any atom is -0.379 e. The number of thioether (sulfide) groups is 1. The molecule has 0 spiro atoms. The molecule has 3 N–H and O–H groups in total. The van der Waals surface area contributed by atoms with Gasteiger partial charge in [0.2, 0.25) is 0 Å². The molecular formula is C19H20ClN3OS. The van der Waals surface area contributed by atoms with Crippen molar-refractivity contribution in [3.63, 3.8) is 0 Å². The van der Waals surface area contributed by atoms with Gasteiger partial charge in [0.1, 0.15) is 0 Å². The van der Waals surface area contributed by atoms with Gasteiger partial charge in [0.05, 0.1) is 22.8 Å². The third-order valence-electron chi connectivity index (χ3n) is 4.34. The van der Waals surface area contributed by atoms with Gasteiger partial charge in [-0.3, -0.25) is 9.79 Å². The highest BCUT2D eigenvalue weighted by molar-refractivity contribution is 8.13. The third kappa shape index (κ3) is 4.17. The Morgan fingerprint density at radius 1 is 1.28 bits per heavy atom. The molecule has 0 bridgehead atoms. The van der Waals surface area contributed by atoms with Crippen LogP contribution in [0.15, 0.2) is 53.5 Å². The van der Waals surface area contributed by atoms with Gasteiger partial charge in [0.25, 0.3) is 0 Å². The molecule has 130 valence electrons. The molecule has 1 atom stereocenters. The van der Waals surface area contributed by atoms with Crippen LogP contribution in [-0.2, 0) is 5.54 Å². The molecule has 0 aromatic heterocycles. The highest BCUT2D eigenvalue weighted by atomic mass is 35.5. The molecule has 1 unspecified atom stereocenters. The normalized spacial score (nSPS) is 20.0.